The second-order valence-corrected chi connectivity index (χ2v) is 5.32. The third-order valence-electron chi connectivity index (χ3n) is 3.60. The van der Waals surface area contributed by atoms with Crippen LogP contribution >= 0.6 is 0 Å². The van der Waals surface area contributed by atoms with E-state index >= 15 is 0 Å². The lowest BCUT2D eigenvalue weighted by atomic mass is 10.0. The molecule has 2 heterocycles. The Bertz CT molecular complexity index is 1000. The third kappa shape index (κ3) is 3.79. The molecule has 2 aromatic heterocycles. The zero-order valence-electron chi connectivity index (χ0n) is 13.2. The summed E-state index contributed by atoms with van der Waals surface area (Å²) in [5, 5.41) is 11.5. The number of aromatic nitrogens is 2. The zero-order chi connectivity index (χ0) is 17.6. The van der Waals surface area contributed by atoms with E-state index in [-0.39, 0.29) is 18.0 Å². The van der Waals surface area contributed by atoms with Crippen LogP contribution in [0.2, 0.25) is 0 Å². The zero-order valence-corrected chi connectivity index (χ0v) is 13.2. The summed E-state index contributed by atoms with van der Waals surface area (Å²) in [6.07, 6.45) is 4.87. The molecule has 0 aliphatic carbocycles. The highest BCUT2D eigenvalue weighted by Gasteiger charge is 2.09. The first-order valence-corrected chi connectivity index (χ1v) is 7.56. The van der Waals surface area contributed by atoms with Crippen molar-refractivity contribution in [1.29, 1.82) is 5.26 Å². The van der Waals surface area contributed by atoms with E-state index in [1.807, 2.05) is 24.3 Å². The van der Waals surface area contributed by atoms with Crippen LogP contribution in [0.3, 0.4) is 0 Å². The minimum absolute atomic E-state index is 0.0704. The molecule has 3 rings (SSSR count). The van der Waals surface area contributed by atoms with Crippen molar-refractivity contribution in [2.75, 3.05) is 5.32 Å². The molecular weight excluding hydrogens is 316 g/mol. The fourth-order valence-electron chi connectivity index (χ4n) is 2.38. The molecule has 0 saturated heterocycles. The summed E-state index contributed by atoms with van der Waals surface area (Å²) in [6, 6.07) is 15.7. The second-order valence-electron chi connectivity index (χ2n) is 5.32. The van der Waals surface area contributed by atoms with Gasteiger partial charge in [-0.25, -0.2) is 0 Å². The normalized spacial score (nSPS) is 10.0. The number of anilines is 1. The van der Waals surface area contributed by atoms with Crippen LogP contribution in [-0.2, 0) is 6.54 Å². The highest BCUT2D eigenvalue weighted by molar-refractivity contribution is 6.04. The molecule has 0 fully saturated rings. The number of rotatable bonds is 4. The van der Waals surface area contributed by atoms with Crippen LogP contribution in [0.15, 0.2) is 71.9 Å². The number of pyridine rings is 2. The van der Waals surface area contributed by atoms with E-state index in [2.05, 4.69) is 10.3 Å². The topological polar surface area (TPSA) is 87.8 Å². The van der Waals surface area contributed by atoms with E-state index in [9.17, 15) is 9.59 Å². The Kier molecular flexibility index (Phi) is 4.67. The highest BCUT2D eigenvalue weighted by Crippen LogP contribution is 2.19. The van der Waals surface area contributed by atoms with Crippen molar-refractivity contribution in [2.24, 2.45) is 0 Å². The summed E-state index contributed by atoms with van der Waals surface area (Å²) in [4.78, 5) is 28.2. The molecule has 1 aromatic carbocycles. The third-order valence-corrected chi connectivity index (χ3v) is 3.60. The highest BCUT2D eigenvalue weighted by atomic mass is 16.1. The van der Waals surface area contributed by atoms with Crippen molar-refractivity contribution >= 4 is 11.6 Å². The Balaban J connectivity index is 1.84. The Morgan fingerprint density at radius 3 is 2.76 bits per heavy atom. The standard InChI is InChI=1S/C19H14N4O2/c20-8-10-23-13-17(6-7-18(23)24)22-19(25)15-4-1-3-14(11-15)16-5-2-9-21-12-16/h1-7,9,11-13H,10H2,(H,22,25). The molecule has 0 saturated carbocycles. The monoisotopic (exact) mass is 330 g/mol. The second kappa shape index (κ2) is 7.23. The fraction of sp³-hybridized carbons (Fsp3) is 0.0526. The van der Waals surface area contributed by atoms with Gasteiger partial charge in [0.1, 0.15) is 6.54 Å². The van der Waals surface area contributed by atoms with Gasteiger partial charge in [-0.3, -0.25) is 19.1 Å². The lowest BCUT2D eigenvalue weighted by molar-refractivity contribution is 0.102. The number of benzene rings is 1. The molecule has 0 unspecified atom stereocenters. The summed E-state index contributed by atoms with van der Waals surface area (Å²) in [6.45, 7) is -0.0704. The number of nitriles is 1. The van der Waals surface area contributed by atoms with Crippen molar-refractivity contribution in [3.63, 3.8) is 0 Å². The van der Waals surface area contributed by atoms with E-state index in [1.165, 1.54) is 22.9 Å². The maximum absolute atomic E-state index is 12.5. The van der Waals surface area contributed by atoms with Crippen molar-refractivity contribution in [2.45, 2.75) is 6.54 Å². The first-order valence-electron chi connectivity index (χ1n) is 7.56. The average molecular weight is 330 g/mol. The fourth-order valence-corrected chi connectivity index (χ4v) is 2.38. The van der Waals surface area contributed by atoms with Crippen LogP contribution < -0.4 is 10.9 Å². The summed E-state index contributed by atoms with van der Waals surface area (Å²) in [5.74, 6) is -0.298. The molecule has 0 atom stereocenters. The lowest BCUT2D eigenvalue weighted by Crippen LogP contribution is -2.20. The van der Waals surface area contributed by atoms with E-state index in [0.717, 1.165) is 11.1 Å². The molecule has 0 bridgehead atoms. The van der Waals surface area contributed by atoms with E-state index in [4.69, 9.17) is 5.26 Å². The van der Waals surface area contributed by atoms with Gasteiger partial charge in [0.25, 0.3) is 11.5 Å². The molecule has 0 aliphatic rings. The largest absolute Gasteiger partial charge is 0.321 e. The number of carbonyl (C=O) groups excluding carboxylic acids is 1. The average Bonchev–Trinajstić information content (AvgIpc) is 2.65. The number of hydrogen-bond donors (Lipinski definition) is 1. The molecular formula is C19H14N4O2. The molecule has 0 aliphatic heterocycles. The van der Waals surface area contributed by atoms with Crippen LogP contribution in [0.4, 0.5) is 5.69 Å². The first-order chi connectivity index (χ1) is 12.2. The molecule has 25 heavy (non-hydrogen) atoms. The van der Waals surface area contributed by atoms with E-state index < -0.39 is 0 Å². The smallest absolute Gasteiger partial charge is 0.255 e. The molecule has 0 spiro atoms. The van der Waals surface area contributed by atoms with Crippen LogP contribution in [0, 0.1) is 11.3 Å². The van der Waals surface area contributed by atoms with E-state index in [0.29, 0.717) is 11.3 Å². The molecule has 1 amide bonds. The summed E-state index contributed by atoms with van der Waals surface area (Å²) in [5.41, 5.74) is 2.44. The van der Waals surface area contributed by atoms with Crippen LogP contribution in [0.1, 0.15) is 10.4 Å². The summed E-state index contributed by atoms with van der Waals surface area (Å²) < 4.78 is 1.24. The van der Waals surface area contributed by atoms with Crippen LogP contribution in [-0.4, -0.2) is 15.5 Å². The van der Waals surface area contributed by atoms with Crippen molar-refractivity contribution in [3.05, 3.63) is 83.0 Å². The number of carbonyl (C=O) groups is 1. The lowest BCUT2D eigenvalue weighted by Gasteiger charge is -2.08. The van der Waals surface area contributed by atoms with Gasteiger partial charge >= 0.3 is 0 Å². The Morgan fingerprint density at radius 2 is 2.00 bits per heavy atom. The van der Waals surface area contributed by atoms with Crippen LogP contribution in [0.25, 0.3) is 11.1 Å². The Labute approximate surface area is 144 Å². The van der Waals surface area contributed by atoms with Gasteiger partial charge in [-0.2, -0.15) is 5.26 Å². The first kappa shape index (κ1) is 16.1. The maximum Gasteiger partial charge on any atom is 0.255 e. The minimum atomic E-state index is -0.298. The molecule has 3 aromatic rings. The molecule has 0 radical (unpaired) electrons. The Morgan fingerprint density at radius 1 is 1.16 bits per heavy atom. The maximum atomic E-state index is 12.5. The van der Waals surface area contributed by atoms with Gasteiger partial charge in [0.2, 0.25) is 0 Å². The molecule has 1 N–H and O–H groups in total. The predicted octanol–water partition coefficient (Wildman–Crippen LogP) is 2.69. The van der Waals surface area contributed by atoms with Gasteiger partial charge in [0.05, 0.1) is 11.8 Å². The van der Waals surface area contributed by atoms with Gasteiger partial charge in [-0.1, -0.05) is 18.2 Å². The van der Waals surface area contributed by atoms with E-state index in [1.54, 1.807) is 30.6 Å². The van der Waals surface area contributed by atoms with Gasteiger partial charge in [-0.15, -0.1) is 0 Å². The van der Waals surface area contributed by atoms with Crippen molar-refractivity contribution in [3.8, 4) is 17.2 Å². The molecule has 6 nitrogen and oxygen atoms in total. The van der Waals surface area contributed by atoms with Gasteiger partial charge in [0.15, 0.2) is 0 Å². The number of nitrogens with one attached hydrogen (secondary N) is 1. The molecule has 122 valence electrons. The van der Waals surface area contributed by atoms with Gasteiger partial charge in [0, 0.05) is 35.8 Å². The van der Waals surface area contributed by atoms with Crippen molar-refractivity contribution in [1.82, 2.24) is 9.55 Å². The minimum Gasteiger partial charge on any atom is -0.321 e. The van der Waals surface area contributed by atoms with Crippen LogP contribution in [0.5, 0.6) is 0 Å². The number of hydrogen-bond acceptors (Lipinski definition) is 4. The number of amides is 1. The van der Waals surface area contributed by atoms with Crippen molar-refractivity contribution < 1.29 is 4.79 Å². The van der Waals surface area contributed by atoms with Gasteiger partial charge < -0.3 is 5.32 Å². The predicted molar refractivity (Wildman–Crippen MR) is 93.9 cm³/mol. The quantitative estimate of drug-likeness (QED) is 0.796. The Hall–Kier alpha value is -3.72. The summed E-state index contributed by atoms with van der Waals surface area (Å²) in [7, 11) is 0. The molecule has 6 heteroatoms. The van der Waals surface area contributed by atoms with Gasteiger partial charge in [-0.05, 0) is 29.8 Å². The SMILES string of the molecule is N#CCn1cc(NC(=O)c2cccc(-c3cccnc3)c2)ccc1=O. The number of nitrogens with zero attached hydrogens (tertiary/aromatic N) is 3. The summed E-state index contributed by atoms with van der Waals surface area (Å²) >= 11 is 0.